The van der Waals surface area contributed by atoms with Crippen LogP contribution in [-0.4, -0.2) is 359 Å². The summed E-state index contributed by atoms with van der Waals surface area (Å²) in [6.45, 7) is 13.1. The summed E-state index contributed by atoms with van der Waals surface area (Å²) in [5, 5.41) is 187. The first-order valence-corrected chi connectivity index (χ1v) is 39.8. The number of carbonyl (C=O) groups excluding carboxylic acids is 3. The largest absolute Gasteiger partial charge is 0.479 e. The molecule has 0 radical (unpaired) electrons. The van der Waals surface area contributed by atoms with Crippen LogP contribution in [0, 0.1) is 50.2 Å². The van der Waals surface area contributed by atoms with Gasteiger partial charge in [-0.05, 0) is 117 Å². The van der Waals surface area contributed by atoms with Gasteiger partial charge in [-0.3, -0.25) is 14.1 Å². The normalized spacial score (nSPS) is 52.1. The zero-order valence-corrected chi connectivity index (χ0v) is 64.7. The first-order valence-electron chi connectivity index (χ1n) is 38.5. The van der Waals surface area contributed by atoms with Crippen molar-refractivity contribution in [2.24, 2.45) is 50.2 Å². The summed E-state index contributed by atoms with van der Waals surface area (Å²) >= 11 is 0. The smallest absolute Gasteiger partial charge is 0.397 e. The number of aldehydes is 1. The molecule has 18 N–H and O–H groups in total. The lowest BCUT2D eigenvalue weighted by molar-refractivity contribution is -0.394. The number of carbonyl (C=O) groups is 4. The third kappa shape index (κ3) is 16.2. The van der Waals surface area contributed by atoms with E-state index in [-0.39, 0.29) is 24.2 Å². The highest BCUT2D eigenvalue weighted by Gasteiger charge is 2.72. The fraction of sp³-hybridized carbons (Fsp3) is 0.917. The van der Waals surface area contributed by atoms with E-state index in [1.807, 2.05) is 0 Å². The van der Waals surface area contributed by atoms with Crippen LogP contribution in [0.25, 0.3) is 0 Å². The molecular formula is C72H112O40S. The standard InChI is InChI=1S/C72H112O40S/c1-26-50(101-28(3)76)46(87)56(109-62-49(90)54(51(27(2)99-62)105-59-43(84)38(79)31(77)23-97-59)107-63-48(89)52(112-113(94,95)96)41(82)34(22-74)103-63)64(100-26)111-66(93)72-18-16-67(4,5)20-30(72)29-10-11-36-68(6)14-13-37(69(7,25-75)35(68)12-15-71(36,9)70(29,8)17-19-72)104-65-57(110-61-45(86)42(83)40(81)33(21-73)102-61)53(47(88)55(108-65)58(91)92)106-60-44(85)39(80)32(78)24-98-60/h10,25-27,30-57,59-65,73-74,77-90H,11-24H2,1-9H3,(H,91,92)(H,94,95,96)/t26-,27-,30-,31+,32-,33+,34+,35+,36-,37-,38-,39-,40-,41+,42-,43+,44+,45+,46+,47-,48+,49+,50+,51-,52-,53-,54-,55-,56-,57+,59-,60-,61-,62-,63-,64+,65+,68-,69-,70+,71+,72-/m0/s1. The van der Waals surface area contributed by atoms with E-state index in [9.17, 15) is 114 Å². The SMILES string of the molecule is CC(=O)O[C@H]1[C@@H](O)[C@H](O[C@@H]2O[C@@H](C)[C@H](O[C@@H]3OC[C@@H](O)[C@H](O)[C@H]3O)[C@@H](O[C@@H]3O[C@H](CO)[C@@H](O)[C@H](OS(=O)(=O)O)[C@H]3O)[C@H]2O)[C@@H](OC(=O)[C@]23CCC(C)(C)C[C@H]2C2=CC[C@H]4[C@@]5(C)CC[C@H](O[C@@H]6O[C@H](C(=O)O)[C@@H](O)[C@H](O[C@@H]7OC[C@H](O)[C@H](O)[C@H]7O)[C@H]6O[C@@H]6O[C@H](CO)[C@H](O)[C@H](O)[C@H]6O)[C@@](C)(C=O)[C@@H]5CC[C@@]4(C)[C@]2(C)CC3)O[C@H]1C. The van der Waals surface area contributed by atoms with Gasteiger partial charge < -0.3 is 163 Å². The molecule has 0 spiro atoms. The molecule has 0 aromatic carbocycles. The van der Waals surface area contributed by atoms with E-state index >= 15 is 4.79 Å². The molecule has 42 atom stereocenters. The third-order valence-corrected chi connectivity index (χ3v) is 27.8. The van der Waals surface area contributed by atoms with Crippen molar-refractivity contribution in [2.45, 2.75) is 335 Å². The fourth-order valence-electron chi connectivity index (χ4n) is 20.7. The molecule has 41 heteroatoms. The van der Waals surface area contributed by atoms with Gasteiger partial charge in [0.05, 0.1) is 55.6 Å². The first kappa shape index (κ1) is 88.8. The maximum atomic E-state index is 16.0. The van der Waals surface area contributed by atoms with Gasteiger partial charge in [0.15, 0.2) is 56.1 Å². The number of fused-ring (bicyclic) bond motifs is 7. The van der Waals surface area contributed by atoms with Crippen LogP contribution in [0.1, 0.15) is 127 Å². The number of rotatable bonds is 21. The number of allylic oxidation sites excluding steroid dienone is 2. The van der Waals surface area contributed by atoms with Gasteiger partial charge in [0.25, 0.3) is 0 Å². The Kier molecular flexibility index (Phi) is 26.3. The number of aliphatic carboxylic acids is 1. The lowest BCUT2D eigenvalue weighted by Crippen LogP contribution is -2.69. The van der Waals surface area contributed by atoms with Crippen LogP contribution in [0.4, 0.5) is 0 Å². The Labute approximate surface area is 650 Å². The van der Waals surface area contributed by atoms with Crippen LogP contribution >= 0.6 is 0 Å². The van der Waals surface area contributed by atoms with Gasteiger partial charge in [-0.15, -0.1) is 0 Å². The van der Waals surface area contributed by atoms with Crippen molar-refractivity contribution < 1.29 is 194 Å². The van der Waals surface area contributed by atoms with Gasteiger partial charge in [0, 0.05) is 6.92 Å². The summed E-state index contributed by atoms with van der Waals surface area (Å²) in [4.78, 5) is 56.1. The van der Waals surface area contributed by atoms with E-state index in [2.05, 4.69) is 44.9 Å². The Morgan fingerprint density at radius 3 is 1.63 bits per heavy atom. The molecule has 40 nitrogen and oxygen atoms in total. The quantitative estimate of drug-likeness (QED) is 0.0168. The number of carboxylic acids is 1. The molecule has 12 rings (SSSR count). The van der Waals surface area contributed by atoms with Crippen LogP contribution in [0.3, 0.4) is 0 Å². The Hall–Kier alpha value is -3.47. The molecule has 7 aliphatic heterocycles. The second-order valence-corrected chi connectivity index (χ2v) is 35.6. The van der Waals surface area contributed by atoms with Crippen LogP contribution in [0.2, 0.25) is 0 Å². The highest BCUT2D eigenvalue weighted by molar-refractivity contribution is 7.80. The molecule has 113 heavy (non-hydrogen) atoms. The molecule has 5 aliphatic carbocycles. The van der Waals surface area contributed by atoms with Crippen LogP contribution in [0.5, 0.6) is 0 Å². The molecule has 0 aromatic rings. The number of aliphatic hydroxyl groups excluding tert-OH is 16. The minimum Gasteiger partial charge on any atom is -0.479 e. The van der Waals surface area contributed by atoms with E-state index in [0.717, 1.165) is 18.8 Å². The van der Waals surface area contributed by atoms with Gasteiger partial charge in [-0.1, -0.05) is 53.2 Å². The van der Waals surface area contributed by atoms with Gasteiger partial charge in [-0.2, -0.15) is 8.42 Å². The Bertz CT molecular complexity index is 3500. The van der Waals surface area contributed by atoms with E-state index in [0.29, 0.717) is 51.4 Å². The van der Waals surface area contributed by atoms with E-state index in [4.69, 9.17) is 71.1 Å². The number of hydrogen-bond donors (Lipinski definition) is 18. The predicted octanol–water partition coefficient (Wildman–Crippen LogP) is -5.56. The van der Waals surface area contributed by atoms with Crippen molar-refractivity contribution in [1.29, 1.82) is 0 Å². The van der Waals surface area contributed by atoms with Gasteiger partial charge in [0.1, 0.15) is 134 Å². The van der Waals surface area contributed by atoms with Crippen LogP contribution < -0.4 is 0 Å². The van der Waals surface area contributed by atoms with E-state index < -0.39 is 302 Å². The Balaban J connectivity index is 0.823. The fourth-order valence-corrected chi connectivity index (χ4v) is 21.2. The lowest BCUT2D eigenvalue weighted by Gasteiger charge is -2.71. The lowest BCUT2D eigenvalue weighted by atomic mass is 9.33. The molecule has 0 amide bonds. The van der Waals surface area contributed by atoms with Crippen LogP contribution in [0.15, 0.2) is 11.6 Å². The second-order valence-electron chi connectivity index (χ2n) is 34.5. The number of esters is 2. The van der Waals surface area contributed by atoms with E-state index in [1.54, 1.807) is 6.92 Å². The molecule has 0 unspecified atom stereocenters. The number of hydrogen-bond acceptors (Lipinski definition) is 38. The zero-order chi connectivity index (χ0) is 82.8. The van der Waals surface area contributed by atoms with Crippen molar-refractivity contribution in [2.75, 3.05) is 26.4 Å². The summed E-state index contributed by atoms with van der Waals surface area (Å²) in [7, 11) is -5.46. The molecule has 7 saturated heterocycles. The number of carboxylic acid groups (broad SMARTS) is 1. The number of ether oxygens (including phenoxy) is 15. The maximum Gasteiger partial charge on any atom is 0.397 e. The van der Waals surface area contributed by atoms with Gasteiger partial charge >= 0.3 is 28.3 Å². The topological polar surface area (TPSA) is 614 Å². The summed E-state index contributed by atoms with van der Waals surface area (Å²) in [6, 6.07) is 0. The van der Waals surface area contributed by atoms with Crippen molar-refractivity contribution in [1.82, 2.24) is 0 Å². The van der Waals surface area contributed by atoms with Crippen LogP contribution in [-0.2, 0) is 105 Å². The average Bonchev–Trinajstić information content (AvgIpc) is 0.673. The Morgan fingerprint density at radius 1 is 0.513 bits per heavy atom. The molecular weight excluding hydrogens is 1540 g/mol. The third-order valence-electron chi connectivity index (χ3n) is 27.3. The molecule has 646 valence electrons. The molecule has 0 aromatic heterocycles. The molecule has 12 aliphatic rings. The zero-order valence-electron chi connectivity index (χ0n) is 63.9. The highest BCUT2D eigenvalue weighted by Crippen LogP contribution is 2.76. The summed E-state index contributed by atoms with van der Waals surface area (Å²) in [5.41, 5.74) is -3.99. The second kappa shape index (κ2) is 33.5. The van der Waals surface area contributed by atoms with Crippen molar-refractivity contribution >= 4 is 34.6 Å². The summed E-state index contributed by atoms with van der Waals surface area (Å²) < 4.78 is 129. The maximum absolute atomic E-state index is 16.0. The van der Waals surface area contributed by atoms with Gasteiger partial charge in [0.2, 0.25) is 6.29 Å². The van der Waals surface area contributed by atoms with E-state index in [1.165, 1.54) is 13.8 Å². The first-order chi connectivity index (χ1) is 52.8. The minimum absolute atomic E-state index is 0.103. The monoisotopic (exact) mass is 1650 g/mol. The summed E-state index contributed by atoms with van der Waals surface area (Å²) in [5.74, 6) is -4.54. The molecule has 0 bridgehead atoms. The van der Waals surface area contributed by atoms with Crippen molar-refractivity contribution in [3.8, 4) is 0 Å². The predicted molar refractivity (Wildman–Crippen MR) is 367 cm³/mol. The average molecular weight is 1650 g/mol. The molecule has 4 saturated carbocycles. The number of aliphatic hydroxyl groups is 16. The minimum atomic E-state index is -5.46. The summed E-state index contributed by atoms with van der Waals surface area (Å²) in [6.07, 6.45) is -57.8. The highest BCUT2D eigenvalue weighted by atomic mass is 32.3. The Morgan fingerprint density at radius 2 is 1.04 bits per heavy atom. The van der Waals surface area contributed by atoms with Crippen molar-refractivity contribution in [3.05, 3.63) is 11.6 Å². The van der Waals surface area contributed by atoms with Gasteiger partial charge in [-0.25, -0.2) is 8.98 Å². The van der Waals surface area contributed by atoms with Crippen molar-refractivity contribution in [3.63, 3.8) is 0 Å². The molecule has 7 heterocycles. The molecule has 11 fully saturated rings.